The van der Waals surface area contributed by atoms with Crippen LogP contribution in [-0.4, -0.2) is 42.6 Å². The molecule has 0 spiro atoms. The van der Waals surface area contributed by atoms with Gasteiger partial charge in [0.25, 0.3) is 0 Å². The van der Waals surface area contributed by atoms with Crippen LogP contribution in [0, 0.1) is 5.92 Å². The number of nitrogens with zero attached hydrogens (tertiary/aromatic N) is 1. The maximum Gasteiger partial charge on any atom is 0.410 e. The lowest BCUT2D eigenvalue weighted by Crippen LogP contribution is -2.48. The van der Waals surface area contributed by atoms with E-state index in [4.69, 9.17) is 4.74 Å². The topological polar surface area (TPSA) is 58.6 Å². The number of hydrogen-bond donors (Lipinski definition) is 1. The Hall–Kier alpha value is -1.52. The third-order valence-electron chi connectivity index (χ3n) is 4.40. The van der Waals surface area contributed by atoms with E-state index >= 15 is 0 Å². The van der Waals surface area contributed by atoms with Gasteiger partial charge in [-0.3, -0.25) is 4.79 Å². The summed E-state index contributed by atoms with van der Waals surface area (Å²) in [4.78, 5) is 25.6. The van der Waals surface area contributed by atoms with Crippen LogP contribution >= 0.6 is 0 Å². The van der Waals surface area contributed by atoms with E-state index in [1.165, 1.54) is 19.3 Å². The van der Waals surface area contributed by atoms with E-state index in [1.54, 1.807) is 11.0 Å². The Balaban J connectivity index is 1.69. The van der Waals surface area contributed by atoms with Gasteiger partial charge in [0.05, 0.1) is 0 Å². The van der Waals surface area contributed by atoms with Crippen molar-refractivity contribution in [1.82, 2.24) is 10.2 Å². The highest BCUT2D eigenvalue weighted by Crippen LogP contribution is 2.24. The van der Waals surface area contributed by atoms with Gasteiger partial charge in [0.15, 0.2) is 0 Å². The highest BCUT2D eigenvalue weighted by Gasteiger charge is 2.27. The lowest BCUT2D eigenvalue weighted by molar-refractivity contribution is -0.126. The molecule has 0 radical (unpaired) electrons. The Bertz CT molecular complexity index is 370. The van der Waals surface area contributed by atoms with Crippen LogP contribution in [0.25, 0.3) is 0 Å². The van der Waals surface area contributed by atoms with Crippen LogP contribution in [0.2, 0.25) is 0 Å². The molecule has 21 heavy (non-hydrogen) atoms. The molecule has 1 saturated carbocycles. The Kier molecular flexibility index (Phi) is 6.08. The van der Waals surface area contributed by atoms with Crippen LogP contribution < -0.4 is 5.32 Å². The number of nitrogens with one attached hydrogen (secondary N) is 1. The fourth-order valence-corrected chi connectivity index (χ4v) is 3.11. The summed E-state index contributed by atoms with van der Waals surface area (Å²) in [6, 6.07) is 0.197. The largest absolute Gasteiger partial charge is 0.445 e. The molecule has 1 heterocycles. The molecule has 0 atom stereocenters. The second-order valence-electron chi connectivity index (χ2n) is 5.97. The average molecular weight is 294 g/mol. The third-order valence-corrected chi connectivity index (χ3v) is 4.40. The molecule has 0 aromatic rings. The van der Waals surface area contributed by atoms with Crippen molar-refractivity contribution in [3.63, 3.8) is 0 Å². The molecule has 1 aliphatic heterocycles. The molecule has 5 heteroatoms. The van der Waals surface area contributed by atoms with Crippen LogP contribution in [-0.2, 0) is 9.53 Å². The number of rotatable bonds is 4. The lowest BCUT2D eigenvalue weighted by Gasteiger charge is -2.32. The van der Waals surface area contributed by atoms with Crippen molar-refractivity contribution in [1.29, 1.82) is 0 Å². The fraction of sp³-hybridized carbons (Fsp3) is 0.750. The molecule has 1 saturated heterocycles. The first-order chi connectivity index (χ1) is 10.2. The van der Waals surface area contributed by atoms with Crippen molar-refractivity contribution in [2.24, 2.45) is 5.92 Å². The van der Waals surface area contributed by atoms with E-state index in [9.17, 15) is 9.59 Å². The minimum absolute atomic E-state index is 0.197. The van der Waals surface area contributed by atoms with Gasteiger partial charge in [0, 0.05) is 25.0 Å². The number of ether oxygens (including phenoxy) is 1. The summed E-state index contributed by atoms with van der Waals surface area (Å²) in [7, 11) is 0. The molecule has 0 bridgehead atoms. The van der Waals surface area contributed by atoms with Crippen molar-refractivity contribution in [3.8, 4) is 0 Å². The summed E-state index contributed by atoms with van der Waals surface area (Å²) in [5.41, 5.74) is 0. The first-order valence-corrected chi connectivity index (χ1v) is 8.03. The van der Waals surface area contributed by atoms with Gasteiger partial charge in [-0.15, -0.1) is 0 Å². The average Bonchev–Trinajstić information content (AvgIpc) is 2.54. The Morgan fingerprint density at radius 2 is 1.81 bits per heavy atom. The third kappa shape index (κ3) is 4.76. The van der Waals surface area contributed by atoms with Crippen LogP contribution in [0.5, 0.6) is 0 Å². The van der Waals surface area contributed by atoms with Crippen LogP contribution in [0.15, 0.2) is 12.7 Å². The summed E-state index contributed by atoms with van der Waals surface area (Å²) >= 11 is 0. The summed E-state index contributed by atoms with van der Waals surface area (Å²) < 4.78 is 5.02. The zero-order chi connectivity index (χ0) is 15.1. The number of likely N-dealkylation sites (tertiary alicyclic amines) is 1. The van der Waals surface area contributed by atoms with Gasteiger partial charge in [-0.25, -0.2) is 4.79 Å². The Morgan fingerprint density at radius 3 is 2.43 bits per heavy atom. The Labute approximate surface area is 126 Å². The van der Waals surface area contributed by atoms with Gasteiger partial charge in [-0.1, -0.05) is 31.9 Å². The second kappa shape index (κ2) is 8.05. The first-order valence-electron chi connectivity index (χ1n) is 8.03. The molecule has 0 aromatic heterocycles. The molecule has 118 valence electrons. The van der Waals surface area contributed by atoms with Crippen molar-refractivity contribution < 1.29 is 14.3 Å². The zero-order valence-electron chi connectivity index (χ0n) is 12.7. The summed E-state index contributed by atoms with van der Waals surface area (Å²) in [5.74, 6) is 0.414. The predicted molar refractivity (Wildman–Crippen MR) is 80.9 cm³/mol. The minimum atomic E-state index is -0.285. The van der Waals surface area contributed by atoms with Crippen molar-refractivity contribution >= 4 is 12.0 Å². The van der Waals surface area contributed by atoms with Gasteiger partial charge < -0.3 is 15.0 Å². The van der Waals surface area contributed by atoms with E-state index in [2.05, 4.69) is 11.9 Å². The van der Waals surface area contributed by atoms with E-state index in [0.717, 1.165) is 25.7 Å². The molecule has 2 aliphatic rings. The number of carbonyl (C=O) groups excluding carboxylic acids is 2. The van der Waals surface area contributed by atoms with Gasteiger partial charge in [0.1, 0.15) is 6.61 Å². The fourth-order valence-electron chi connectivity index (χ4n) is 3.11. The van der Waals surface area contributed by atoms with Crippen molar-refractivity contribution in [2.45, 2.75) is 51.0 Å². The van der Waals surface area contributed by atoms with Crippen LogP contribution in [0.3, 0.4) is 0 Å². The second-order valence-corrected chi connectivity index (χ2v) is 5.97. The molecule has 5 nitrogen and oxygen atoms in total. The smallest absolute Gasteiger partial charge is 0.410 e. The number of hydrogen-bond acceptors (Lipinski definition) is 3. The molecular weight excluding hydrogens is 268 g/mol. The SMILES string of the molecule is C=CCOC(=O)N1CCC(NC(=O)C2CCCCC2)CC1. The maximum absolute atomic E-state index is 12.2. The van der Waals surface area contributed by atoms with Crippen molar-refractivity contribution in [2.75, 3.05) is 19.7 Å². The quantitative estimate of drug-likeness (QED) is 0.810. The zero-order valence-corrected chi connectivity index (χ0v) is 12.7. The Morgan fingerprint density at radius 1 is 1.14 bits per heavy atom. The lowest BCUT2D eigenvalue weighted by atomic mass is 9.88. The molecule has 2 rings (SSSR count). The molecule has 1 N–H and O–H groups in total. The van der Waals surface area contributed by atoms with Crippen LogP contribution in [0.4, 0.5) is 4.79 Å². The van der Waals surface area contributed by atoms with Gasteiger partial charge >= 0.3 is 6.09 Å². The summed E-state index contributed by atoms with van der Waals surface area (Å²) in [6.07, 6.45) is 8.55. The molecule has 2 fully saturated rings. The first kappa shape index (κ1) is 15.9. The minimum Gasteiger partial charge on any atom is -0.445 e. The summed E-state index contributed by atoms with van der Waals surface area (Å²) in [6.45, 7) is 5.06. The molecule has 0 aromatic carbocycles. The highest BCUT2D eigenvalue weighted by atomic mass is 16.6. The maximum atomic E-state index is 12.2. The monoisotopic (exact) mass is 294 g/mol. The van der Waals surface area contributed by atoms with E-state index < -0.39 is 0 Å². The molecule has 0 unspecified atom stereocenters. The number of piperidine rings is 1. The van der Waals surface area contributed by atoms with Gasteiger partial charge in [-0.05, 0) is 25.7 Å². The standard InChI is InChI=1S/C16H26N2O3/c1-2-12-21-16(20)18-10-8-14(9-11-18)17-15(19)13-6-4-3-5-7-13/h2,13-14H,1,3-12H2,(H,17,19). The number of amides is 2. The molecular formula is C16H26N2O3. The van der Waals surface area contributed by atoms with Crippen molar-refractivity contribution in [3.05, 3.63) is 12.7 Å². The predicted octanol–water partition coefficient (Wildman–Crippen LogP) is 2.47. The summed E-state index contributed by atoms with van der Waals surface area (Å²) in [5, 5.41) is 3.16. The highest BCUT2D eigenvalue weighted by molar-refractivity contribution is 5.79. The normalized spacial score (nSPS) is 20.9. The van der Waals surface area contributed by atoms with E-state index in [1.807, 2.05) is 0 Å². The molecule has 2 amide bonds. The molecule has 1 aliphatic carbocycles. The van der Waals surface area contributed by atoms with Gasteiger partial charge in [0.2, 0.25) is 5.91 Å². The van der Waals surface area contributed by atoms with Crippen LogP contribution in [0.1, 0.15) is 44.9 Å². The van der Waals surface area contributed by atoms with E-state index in [0.29, 0.717) is 13.1 Å². The number of carbonyl (C=O) groups is 2. The van der Waals surface area contributed by atoms with E-state index in [-0.39, 0.29) is 30.6 Å². The van der Waals surface area contributed by atoms with Gasteiger partial charge in [-0.2, -0.15) is 0 Å².